The van der Waals surface area contributed by atoms with E-state index in [0.717, 1.165) is 23.3 Å². The summed E-state index contributed by atoms with van der Waals surface area (Å²) in [5, 5.41) is 14.0. The van der Waals surface area contributed by atoms with Crippen LogP contribution >= 0.6 is 0 Å². The highest BCUT2D eigenvalue weighted by atomic mass is 19.1. The Hall–Kier alpha value is -0.930. The van der Waals surface area contributed by atoms with Crippen molar-refractivity contribution in [1.82, 2.24) is 5.32 Å². The van der Waals surface area contributed by atoms with E-state index < -0.39 is 6.10 Å². The molecule has 0 saturated heterocycles. The molecule has 1 atom stereocenters. The molecule has 2 N–H and O–H groups in total. The average molecular weight is 289 g/mol. The standard InChI is InChI=1S/C18H24FNO/c19-16-3-1-15(2-4-16)17(21)11-20-18-8-12-5-13(9-18)7-14(6-12)10-18/h1-4,12-14,17,20-21H,5-11H2. The Labute approximate surface area is 125 Å². The fourth-order valence-corrected chi connectivity index (χ4v) is 5.44. The second-order valence-corrected chi connectivity index (χ2v) is 7.65. The first-order valence-electron chi connectivity index (χ1n) is 8.30. The van der Waals surface area contributed by atoms with Gasteiger partial charge in [-0.15, -0.1) is 0 Å². The minimum Gasteiger partial charge on any atom is -0.387 e. The highest BCUT2D eigenvalue weighted by Gasteiger charge is 2.50. The van der Waals surface area contributed by atoms with Gasteiger partial charge in [-0.3, -0.25) is 0 Å². The van der Waals surface area contributed by atoms with Crippen LogP contribution in [0, 0.1) is 23.6 Å². The summed E-state index contributed by atoms with van der Waals surface area (Å²) in [7, 11) is 0. The van der Waals surface area contributed by atoms with Crippen molar-refractivity contribution in [3.63, 3.8) is 0 Å². The predicted octanol–water partition coefficient (Wildman–Crippen LogP) is 3.42. The van der Waals surface area contributed by atoms with Crippen LogP contribution in [0.3, 0.4) is 0 Å². The quantitative estimate of drug-likeness (QED) is 0.890. The van der Waals surface area contributed by atoms with Gasteiger partial charge in [-0.1, -0.05) is 12.1 Å². The molecule has 4 aliphatic rings. The van der Waals surface area contributed by atoms with Crippen molar-refractivity contribution in [3.05, 3.63) is 35.6 Å². The third-order valence-electron chi connectivity index (χ3n) is 5.96. The maximum atomic E-state index is 12.9. The molecule has 0 aliphatic heterocycles. The number of hydrogen-bond donors (Lipinski definition) is 2. The van der Waals surface area contributed by atoms with E-state index in [2.05, 4.69) is 5.32 Å². The molecule has 21 heavy (non-hydrogen) atoms. The second kappa shape index (κ2) is 5.06. The SMILES string of the molecule is OC(CNC12CC3CC(CC(C3)C1)C2)c1ccc(F)cc1. The van der Waals surface area contributed by atoms with Crippen molar-refractivity contribution < 1.29 is 9.50 Å². The third-order valence-corrected chi connectivity index (χ3v) is 5.96. The Kier molecular flexibility index (Phi) is 3.31. The summed E-state index contributed by atoms with van der Waals surface area (Å²) in [5.74, 6) is 2.48. The molecule has 1 aromatic rings. The molecular weight excluding hydrogens is 265 g/mol. The molecule has 4 bridgehead atoms. The van der Waals surface area contributed by atoms with Crippen LogP contribution in [0.2, 0.25) is 0 Å². The van der Waals surface area contributed by atoms with Gasteiger partial charge in [-0.2, -0.15) is 0 Å². The van der Waals surface area contributed by atoms with Crippen LogP contribution in [0.5, 0.6) is 0 Å². The van der Waals surface area contributed by atoms with Crippen molar-refractivity contribution in [2.75, 3.05) is 6.54 Å². The summed E-state index contributed by atoms with van der Waals surface area (Å²) in [6.07, 6.45) is 7.61. The first-order chi connectivity index (χ1) is 10.1. The molecule has 1 unspecified atom stereocenters. The highest BCUT2D eigenvalue weighted by Crippen LogP contribution is 2.55. The maximum absolute atomic E-state index is 12.9. The molecule has 4 saturated carbocycles. The number of nitrogens with one attached hydrogen (secondary N) is 1. The largest absolute Gasteiger partial charge is 0.387 e. The lowest BCUT2D eigenvalue weighted by molar-refractivity contribution is -0.0248. The molecule has 0 spiro atoms. The summed E-state index contributed by atoms with van der Waals surface area (Å²) in [5.41, 5.74) is 1.07. The Morgan fingerprint density at radius 2 is 1.57 bits per heavy atom. The number of halogens is 1. The number of β-amino-alcohol motifs (C(OH)–C–C–N with tert-alkyl or cyclic N) is 1. The Balaban J connectivity index is 1.41. The third kappa shape index (κ3) is 2.62. The van der Waals surface area contributed by atoms with E-state index >= 15 is 0 Å². The van der Waals surface area contributed by atoms with Crippen LogP contribution in [-0.2, 0) is 0 Å². The van der Waals surface area contributed by atoms with Gasteiger partial charge in [0.15, 0.2) is 0 Å². The summed E-state index contributed by atoms with van der Waals surface area (Å²) in [6.45, 7) is 0.581. The molecular formula is C18H24FNO. The summed E-state index contributed by atoms with van der Waals surface area (Å²) >= 11 is 0. The van der Waals surface area contributed by atoms with Gasteiger partial charge >= 0.3 is 0 Å². The van der Waals surface area contributed by atoms with E-state index in [0.29, 0.717) is 6.54 Å². The molecule has 0 radical (unpaired) electrons. The van der Waals surface area contributed by atoms with Gasteiger partial charge in [0, 0.05) is 12.1 Å². The van der Waals surface area contributed by atoms with Gasteiger partial charge < -0.3 is 10.4 Å². The van der Waals surface area contributed by atoms with Gasteiger partial charge in [0.2, 0.25) is 0 Å². The van der Waals surface area contributed by atoms with Crippen LogP contribution in [0.1, 0.15) is 50.2 Å². The van der Waals surface area contributed by atoms with Gasteiger partial charge in [0.05, 0.1) is 6.10 Å². The Morgan fingerprint density at radius 3 is 2.10 bits per heavy atom. The number of benzene rings is 1. The molecule has 1 aromatic carbocycles. The zero-order valence-corrected chi connectivity index (χ0v) is 12.4. The molecule has 0 amide bonds. The Morgan fingerprint density at radius 1 is 1.05 bits per heavy atom. The first-order valence-corrected chi connectivity index (χ1v) is 8.30. The van der Waals surface area contributed by atoms with E-state index in [4.69, 9.17) is 0 Å². The molecule has 3 heteroatoms. The predicted molar refractivity (Wildman–Crippen MR) is 80.3 cm³/mol. The summed E-state index contributed by atoms with van der Waals surface area (Å²) < 4.78 is 12.9. The zero-order valence-electron chi connectivity index (χ0n) is 12.4. The van der Waals surface area contributed by atoms with E-state index in [1.807, 2.05) is 0 Å². The summed E-state index contributed by atoms with van der Waals surface area (Å²) in [6, 6.07) is 6.20. The zero-order chi connectivity index (χ0) is 14.4. The lowest BCUT2D eigenvalue weighted by Crippen LogP contribution is -2.59. The van der Waals surface area contributed by atoms with E-state index in [-0.39, 0.29) is 11.4 Å². The van der Waals surface area contributed by atoms with Crippen LogP contribution in [0.4, 0.5) is 4.39 Å². The average Bonchev–Trinajstić information content (AvgIpc) is 2.44. The van der Waals surface area contributed by atoms with Gasteiger partial charge in [0.25, 0.3) is 0 Å². The van der Waals surface area contributed by atoms with Crippen molar-refractivity contribution in [1.29, 1.82) is 0 Å². The lowest BCUT2D eigenvalue weighted by Gasteiger charge is -2.57. The minimum atomic E-state index is -0.543. The van der Waals surface area contributed by atoms with Gasteiger partial charge in [-0.25, -0.2) is 4.39 Å². The van der Waals surface area contributed by atoms with Crippen molar-refractivity contribution in [2.45, 2.75) is 50.2 Å². The number of rotatable bonds is 4. The van der Waals surface area contributed by atoms with Crippen LogP contribution < -0.4 is 5.32 Å². The molecule has 0 aromatic heterocycles. The van der Waals surface area contributed by atoms with E-state index in [1.54, 1.807) is 12.1 Å². The topological polar surface area (TPSA) is 32.3 Å². The minimum absolute atomic E-state index is 0.250. The molecule has 114 valence electrons. The fourth-order valence-electron chi connectivity index (χ4n) is 5.44. The van der Waals surface area contributed by atoms with Gasteiger partial charge in [0.1, 0.15) is 5.82 Å². The number of aliphatic hydroxyl groups is 1. The van der Waals surface area contributed by atoms with E-state index in [9.17, 15) is 9.50 Å². The maximum Gasteiger partial charge on any atom is 0.123 e. The molecule has 5 rings (SSSR count). The molecule has 4 aliphatic carbocycles. The first kappa shape index (κ1) is 13.7. The molecule has 0 heterocycles. The summed E-state index contributed by atoms with van der Waals surface area (Å²) in [4.78, 5) is 0. The number of hydrogen-bond acceptors (Lipinski definition) is 2. The second-order valence-electron chi connectivity index (χ2n) is 7.65. The van der Waals surface area contributed by atoms with E-state index in [1.165, 1.54) is 50.7 Å². The van der Waals surface area contributed by atoms with Crippen LogP contribution in [0.15, 0.2) is 24.3 Å². The highest BCUT2D eigenvalue weighted by molar-refractivity contribution is 5.19. The van der Waals surface area contributed by atoms with Gasteiger partial charge in [-0.05, 0) is 74.0 Å². The normalized spacial score (nSPS) is 38.7. The molecule has 4 fully saturated rings. The lowest BCUT2D eigenvalue weighted by atomic mass is 9.53. The van der Waals surface area contributed by atoms with Crippen LogP contribution in [-0.4, -0.2) is 17.2 Å². The van der Waals surface area contributed by atoms with Crippen LogP contribution in [0.25, 0.3) is 0 Å². The Bertz CT molecular complexity index is 477. The molecule has 2 nitrogen and oxygen atoms in total. The van der Waals surface area contributed by atoms with Crippen molar-refractivity contribution in [3.8, 4) is 0 Å². The number of aliphatic hydroxyl groups excluding tert-OH is 1. The fraction of sp³-hybridized carbons (Fsp3) is 0.667. The van der Waals surface area contributed by atoms with Crippen molar-refractivity contribution >= 4 is 0 Å². The smallest absolute Gasteiger partial charge is 0.123 e. The monoisotopic (exact) mass is 289 g/mol. The van der Waals surface area contributed by atoms with Crippen molar-refractivity contribution in [2.24, 2.45) is 17.8 Å².